The second-order valence-corrected chi connectivity index (χ2v) is 4.47. The Labute approximate surface area is 96.9 Å². The molecule has 0 N–H and O–H groups in total. The van der Waals surface area contributed by atoms with Crippen molar-refractivity contribution in [2.24, 2.45) is 5.92 Å². The lowest BCUT2D eigenvalue weighted by Gasteiger charge is -2.35. The molecule has 4 nitrogen and oxygen atoms in total. The summed E-state index contributed by atoms with van der Waals surface area (Å²) in [4.78, 5) is 24.6. The predicted molar refractivity (Wildman–Crippen MR) is 60.8 cm³/mol. The quantitative estimate of drug-likeness (QED) is 0.531. The molecule has 1 saturated carbocycles. The number of likely N-dealkylation sites (N-methyl/N-ethyl adjacent to an activating group) is 1. The fourth-order valence-corrected chi connectivity index (χ4v) is 2.36. The normalized spacial score (nSPS) is 24.9. The molecular formula is C12H21NO3. The van der Waals surface area contributed by atoms with Crippen molar-refractivity contribution in [2.75, 3.05) is 13.7 Å². The van der Waals surface area contributed by atoms with Gasteiger partial charge in [0.15, 0.2) is 0 Å². The average molecular weight is 227 g/mol. The average Bonchev–Trinajstić information content (AvgIpc) is 2.28. The van der Waals surface area contributed by atoms with Gasteiger partial charge < -0.3 is 9.64 Å². The first-order valence-corrected chi connectivity index (χ1v) is 6.01. The smallest absolute Gasteiger partial charge is 0.397 e. The van der Waals surface area contributed by atoms with Crippen LogP contribution in [-0.2, 0) is 14.3 Å². The molecule has 2 unspecified atom stereocenters. The van der Waals surface area contributed by atoms with Gasteiger partial charge in [0.05, 0.1) is 6.61 Å². The van der Waals surface area contributed by atoms with E-state index in [0.29, 0.717) is 5.92 Å². The van der Waals surface area contributed by atoms with Gasteiger partial charge in [-0.05, 0) is 25.7 Å². The molecule has 4 heteroatoms. The highest BCUT2D eigenvalue weighted by atomic mass is 16.5. The van der Waals surface area contributed by atoms with Gasteiger partial charge in [-0.25, -0.2) is 4.79 Å². The maximum Gasteiger partial charge on any atom is 0.397 e. The van der Waals surface area contributed by atoms with Crippen molar-refractivity contribution < 1.29 is 14.3 Å². The van der Waals surface area contributed by atoms with Crippen molar-refractivity contribution in [3.8, 4) is 0 Å². The van der Waals surface area contributed by atoms with E-state index < -0.39 is 11.9 Å². The number of hydrogen-bond donors (Lipinski definition) is 0. The van der Waals surface area contributed by atoms with E-state index in [1.165, 1.54) is 6.42 Å². The molecule has 0 saturated heterocycles. The standard InChI is InChI=1S/C12H21NO3/c1-4-16-12(15)11(14)13(3)10-8-6-5-7-9(10)2/h9-10H,4-8H2,1-3H3. The highest BCUT2D eigenvalue weighted by molar-refractivity contribution is 6.32. The summed E-state index contributed by atoms with van der Waals surface area (Å²) in [5, 5.41) is 0. The third-order valence-corrected chi connectivity index (χ3v) is 3.33. The molecule has 1 amide bonds. The molecule has 1 fully saturated rings. The molecule has 0 aromatic heterocycles. The lowest BCUT2D eigenvalue weighted by atomic mass is 9.85. The van der Waals surface area contributed by atoms with Gasteiger partial charge in [0.1, 0.15) is 0 Å². The topological polar surface area (TPSA) is 46.6 Å². The predicted octanol–water partition coefficient (Wildman–Crippen LogP) is 1.59. The fraction of sp³-hybridized carbons (Fsp3) is 0.833. The summed E-state index contributed by atoms with van der Waals surface area (Å²) < 4.78 is 4.72. The number of ether oxygens (including phenoxy) is 1. The molecule has 1 aliphatic rings. The van der Waals surface area contributed by atoms with E-state index in [-0.39, 0.29) is 12.6 Å². The summed E-state index contributed by atoms with van der Waals surface area (Å²) in [7, 11) is 1.70. The van der Waals surface area contributed by atoms with Crippen molar-refractivity contribution >= 4 is 11.9 Å². The van der Waals surface area contributed by atoms with Crippen LogP contribution in [0.2, 0.25) is 0 Å². The molecule has 0 spiro atoms. The summed E-state index contributed by atoms with van der Waals surface area (Å²) in [5.41, 5.74) is 0. The van der Waals surface area contributed by atoms with Crippen LogP contribution in [0.15, 0.2) is 0 Å². The van der Waals surface area contributed by atoms with Gasteiger partial charge in [0.2, 0.25) is 0 Å². The second kappa shape index (κ2) is 5.87. The van der Waals surface area contributed by atoms with Gasteiger partial charge in [0.25, 0.3) is 0 Å². The number of carbonyl (C=O) groups excluding carboxylic acids is 2. The van der Waals surface area contributed by atoms with Crippen LogP contribution in [0, 0.1) is 5.92 Å². The number of esters is 1. The molecule has 92 valence electrons. The molecule has 0 aromatic carbocycles. The van der Waals surface area contributed by atoms with Gasteiger partial charge in [-0.15, -0.1) is 0 Å². The zero-order valence-corrected chi connectivity index (χ0v) is 10.4. The van der Waals surface area contributed by atoms with Crippen LogP contribution in [0.3, 0.4) is 0 Å². The monoisotopic (exact) mass is 227 g/mol. The number of nitrogens with zero attached hydrogens (tertiary/aromatic N) is 1. The number of rotatable bonds is 2. The Morgan fingerprint density at radius 1 is 1.31 bits per heavy atom. The highest BCUT2D eigenvalue weighted by Crippen LogP contribution is 2.27. The second-order valence-electron chi connectivity index (χ2n) is 4.47. The summed E-state index contributed by atoms with van der Waals surface area (Å²) in [6.07, 6.45) is 4.47. The third-order valence-electron chi connectivity index (χ3n) is 3.33. The number of carbonyl (C=O) groups is 2. The SMILES string of the molecule is CCOC(=O)C(=O)N(C)C1CCCCC1C. The first-order chi connectivity index (χ1) is 7.57. The van der Waals surface area contributed by atoms with Gasteiger partial charge in [0, 0.05) is 13.1 Å². The molecule has 1 rings (SSSR count). The summed E-state index contributed by atoms with van der Waals surface area (Å²) >= 11 is 0. The molecule has 2 atom stereocenters. The Bertz CT molecular complexity index is 265. The Kier molecular flexibility index (Phi) is 4.77. The van der Waals surface area contributed by atoms with Crippen molar-refractivity contribution in [1.82, 2.24) is 4.90 Å². The Balaban J connectivity index is 2.58. The van der Waals surface area contributed by atoms with Crippen molar-refractivity contribution in [3.63, 3.8) is 0 Å². The van der Waals surface area contributed by atoms with E-state index in [1.807, 2.05) is 0 Å². The Hall–Kier alpha value is -1.06. The van der Waals surface area contributed by atoms with Crippen molar-refractivity contribution in [2.45, 2.75) is 45.6 Å². The molecule has 0 bridgehead atoms. The summed E-state index contributed by atoms with van der Waals surface area (Å²) in [6.45, 7) is 4.09. The maximum absolute atomic E-state index is 11.7. The Morgan fingerprint density at radius 2 is 1.94 bits per heavy atom. The van der Waals surface area contributed by atoms with Crippen molar-refractivity contribution in [3.05, 3.63) is 0 Å². The van der Waals surface area contributed by atoms with E-state index in [9.17, 15) is 9.59 Å². The van der Waals surface area contributed by atoms with Gasteiger partial charge in [-0.2, -0.15) is 0 Å². The minimum Gasteiger partial charge on any atom is -0.459 e. The molecule has 0 heterocycles. The molecule has 0 radical (unpaired) electrons. The lowest BCUT2D eigenvalue weighted by molar-refractivity contribution is -0.161. The number of amides is 1. The molecule has 0 aliphatic heterocycles. The van der Waals surface area contributed by atoms with E-state index in [0.717, 1.165) is 19.3 Å². The minimum absolute atomic E-state index is 0.186. The third kappa shape index (κ3) is 2.97. The summed E-state index contributed by atoms with van der Waals surface area (Å²) in [6, 6.07) is 0.186. The van der Waals surface area contributed by atoms with Crippen LogP contribution >= 0.6 is 0 Å². The number of hydrogen-bond acceptors (Lipinski definition) is 3. The van der Waals surface area contributed by atoms with E-state index >= 15 is 0 Å². The van der Waals surface area contributed by atoms with Crippen LogP contribution in [-0.4, -0.2) is 36.5 Å². The molecule has 0 aromatic rings. The van der Waals surface area contributed by atoms with Crippen molar-refractivity contribution in [1.29, 1.82) is 0 Å². The first kappa shape index (κ1) is 13.0. The van der Waals surface area contributed by atoms with Crippen LogP contribution in [0.4, 0.5) is 0 Å². The zero-order valence-electron chi connectivity index (χ0n) is 10.4. The fourth-order valence-electron chi connectivity index (χ4n) is 2.36. The first-order valence-electron chi connectivity index (χ1n) is 6.01. The maximum atomic E-state index is 11.7. The molecule has 1 aliphatic carbocycles. The molecular weight excluding hydrogens is 206 g/mol. The molecule has 16 heavy (non-hydrogen) atoms. The minimum atomic E-state index is -0.734. The van der Waals surface area contributed by atoms with Gasteiger partial charge in [-0.3, -0.25) is 4.79 Å². The highest BCUT2D eigenvalue weighted by Gasteiger charge is 2.31. The largest absolute Gasteiger partial charge is 0.459 e. The van der Waals surface area contributed by atoms with E-state index in [2.05, 4.69) is 6.92 Å². The van der Waals surface area contributed by atoms with Gasteiger partial charge >= 0.3 is 11.9 Å². The van der Waals surface area contributed by atoms with E-state index in [1.54, 1.807) is 18.9 Å². The van der Waals surface area contributed by atoms with Gasteiger partial charge in [-0.1, -0.05) is 19.8 Å². The lowest BCUT2D eigenvalue weighted by Crippen LogP contribution is -2.46. The van der Waals surface area contributed by atoms with Crippen LogP contribution in [0.1, 0.15) is 39.5 Å². The Morgan fingerprint density at radius 3 is 2.50 bits per heavy atom. The van der Waals surface area contributed by atoms with E-state index in [4.69, 9.17) is 4.74 Å². The summed E-state index contributed by atoms with van der Waals surface area (Å²) in [5.74, 6) is -0.777. The van der Waals surface area contributed by atoms with Crippen LogP contribution in [0.25, 0.3) is 0 Å². The van der Waals surface area contributed by atoms with Crippen LogP contribution < -0.4 is 0 Å². The zero-order chi connectivity index (χ0) is 12.1. The van der Waals surface area contributed by atoms with Crippen LogP contribution in [0.5, 0.6) is 0 Å².